The second-order valence-corrected chi connectivity index (χ2v) is 3.99. The molecule has 88 valence electrons. The number of halogens is 2. The fraction of sp³-hybridized carbons (Fsp3) is 0. The summed E-state index contributed by atoms with van der Waals surface area (Å²) in [6.45, 7) is 0. The van der Waals surface area contributed by atoms with Gasteiger partial charge >= 0.3 is 0 Å². The van der Waals surface area contributed by atoms with Crippen LogP contribution in [0.4, 0.5) is 21.8 Å². The van der Waals surface area contributed by atoms with E-state index in [-0.39, 0.29) is 11.8 Å². The number of nitrogen functional groups attached to an aromatic ring is 1. The van der Waals surface area contributed by atoms with Crippen LogP contribution in [0, 0.1) is 5.82 Å². The number of hydrogen-bond acceptors (Lipinski definition) is 5. The van der Waals surface area contributed by atoms with Crippen LogP contribution in [0.15, 0.2) is 34.9 Å². The molecule has 0 atom stereocenters. The van der Waals surface area contributed by atoms with Gasteiger partial charge in [-0.15, -0.1) is 0 Å². The van der Waals surface area contributed by atoms with Crippen molar-refractivity contribution in [3.8, 4) is 0 Å². The Bertz CT molecular complexity index is 514. The molecule has 1 aromatic carbocycles. The average molecular weight is 298 g/mol. The van der Waals surface area contributed by atoms with Gasteiger partial charge in [-0.3, -0.25) is 5.43 Å². The first kappa shape index (κ1) is 11.7. The molecule has 5 nitrogen and oxygen atoms in total. The Morgan fingerprint density at radius 2 is 2.12 bits per heavy atom. The second-order valence-electron chi connectivity index (χ2n) is 3.13. The van der Waals surface area contributed by atoms with Crippen molar-refractivity contribution in [2.45, 2.75) is 0 Å². The fourth-order valence-electron chi connectivity index (χ4n) is 1.24. The summed E-state index contributed by atoms with van der Waals surface area (Å²) >= 11 is 3.25. The van der Waals surface area contributed by atoms with Crippen LogP contribution in [-0.4, -0.2) is 9.97 Å². The second kappa shape index (κ2) is 5.07. The fourth-order valence-corrected chi connectivity index (χ4v) is 1.68. The first-order valence-corrected chi connectivity index (χ1v) is 5.50. The normalized spacial score (nSPS) is 10.1. The Balaban J connectivity index is 2.31. The summed E-state index contributed by atoms with van der Waals surface area (Å²) in [6, 6.07) is 6.31. The Kier molecular flexibility index (Phi) is 3.50. The van der Waals surface area contributed by atoms with E-state index < -0.39 is 0 Å². The van der Waals surface area contributed by atoms with Crippen molar-refractivity contribution in [1.82, 2.24) is 9.97 Å². The van der Waals surface area contributed by atoms with Crippen molar-refractivity contribution in [3.63, 3.8) is 0 Å². The average Bonchev–Trinajstić information content (AvgIpc) is 2.34. The van der Waals surface area contributed by atoms with E-state index in [0.717, 1.165) is 0 Å². The summed E-state index contributed by atoms with van der Waals surface area (Å²) in [4.78, 5) is 7.87. The van der Waals surface area contributed by atoms with Crippen LogP contribution in [0.25, 0.3) is 0 Å². The molecule has 1 heterocycles. The molecule has 0 saturated carbocycles. The number of para-hydroxylation sites is 1. The molecule has 7 heteroatoms. The van der Waals surface area contributed by atoms with Gasteiger partial charge in [-0.25, -0.2) is 15.2 Å². The Hall–Kier alpha value is -1.73. The van der Waals surface area contributed by atoms with Crippen LogP contribution in [0.2, 0.25) is 0 Å². The molecule has 2 aromatic rings. The van der Waals surface area contributed by atoms with Gasteiger partial charge in [-0.05, 0) is 34.1 Å². The molecule has 0 amide bonds. The van der Waals surface area contributed by atoms with Crippen LogP contribution < -0.4 is 16.6 Å². The first-order valence-electron chi connectivity index (χ1n) is 4.71. The van der Waals surface area contributed by atoms with E-state index in [1.54, 1.807) is 18.2 Å². The molecule has 0 spiro atoms. The number of anilines is 3. The number of hydrogen-bond donors (Lipinski definition) is 3. The van der Waals surface area contributed by atoms with Crippen molar-refractivity contribution < 1.29 is 4.39 Å². The first-order chi connectivity index (χ1) is 8.20. The van der Waals surface area contributed by atoms with Gasteiger partial charge in [0.15, 0.2) is 0 Å². The molecule has 17 heavy (non-hydrogen) atoms. The predicted molar refractivity (Wildman–Crippen MR) is 67.2 cm³/mol. The molecule has 1 aromatic heterocycles. The number of rotatable bonds is 3. The minimum absolute atomic E-state index is 0.252. The molecule has 0 saturated heterocycles. The third-order valence-electron chi connectivity index (χ3n) is 2.00. The number of nitrogens with one attached hydrogen (secondary N) is 2. The predicted octanol–water partition coefficient (Wildman–Crippen LogP) is 2.41. The standard InChI is InChI=1S/C10H9BrFN5/c11-6-2-1-3-7(12)9(6)15-8-4-5-14-10(16-8)17-13/h1-5H,13H2,(H2,14,15,16,17). The number of benzene rings is 1. The van der Waals surface area contributed by atoms with E-state index in [1.807, 2.05) is 0 Å². The zero-order valence-corrected chi connectivity index (χ0v) is 10.2. The van der Waals surface area contributed by atoms with Gasteiger partial charge in [0.25, 0.3) is 0 Å². The molecule has 4 N–H and O–H groups in total. The summed E-state index contributed by atoms with van der Waals surface area (Å²) in [5.74, 6) is 5.51. The monoisotopic (exact) mass is 297 g/mol. The summed E-state index contributed by atoms with van der Waals surface area (Å²) < 4.78 is 14.2. The number of aromatic nitrogens is 2. The van der Waals surface area contributed by atoms with Crippen molar-refractivity contribution >= 4 is 33.4 Å². The van der Waals surface area contributed by atoms with E-state index in [1.165, 1.54) is 12.3 Å². The lowest BCUT2D eigenvalue weighted by atomic mass is 10.3. The van der Waals surface area contributed by atoms with Gasteiger partial charge in [0.05, 0.1) is 5.69 Å². The highest BCUT2D eigenvalue weighted by molar-refractivity contribution is 9.10. The molecular formula is C10H9BrFN5. The van der Waals surface area contributed by atoms with Crippen LogP contribution in [0.1, 0.15) is 0 Å². The maximum atomic E-state index is 13.5. The summed E-state index contributed by atoms with van der Waals surface area (Å²) in [7, 11) is 0. The van der Waals surface area contributed by atoms with E-state index in [2.05, 4.69) is 36.6 Å². The molecule has 0 unspecified atom stereocenters. The summed E-state index contributed by atoms with van der Waals surface area (Å²) in [6.07, 6.45) is 1.51. The Labute approximate surface area is 105 Å². The minimum atomic E-state index is -0.375. The van der Waals surface area contributed by atoms with E-state index in [4.69, 9.17) is 5.84 Å². The van der Waals surface area contributed by atoms with E-state index >= 15 is 0 Å². The van der Waals surface area contributed by atoms with Crippen LogP contribution in [-0.2, 0) is 0 Å². The van der Waals surface area contributed by atoms with Crippen LogP contribution >= 0.6 is 15.9 Å². The summed E-state index contributed by atoms with van der Waals surface area (Å²) in [5, 5.41) is 2.85. The zero-order chi connectivity index (χ0) is 12.3. The van der Waals surface area contributed by atoms with Gasteiger partial charge in [0, 0.05) is 10.7 Å². The third-order valence-corrected chi connectivity index (χ3v) is 2.66. The van der Waals surface area contributed by atoms with Crippen LogP contribution in [0.3, 0.4) is 0 Å². The number of nitrogens with two attached hydrogens (primary N) is 1. The molecule has 0 aliphatic carbocycles. The smallest absolute Gasteiger partial charge is 0.239 e. The lowest BCUT2D eigenvalue weighted by Gasteiger charge is -2.09. The highest BCUT2D eigenvalue weighted by atomic mass is 79.9. The van der Waals surface area contributed by atoms with Crippen molar-refractivity contribution in [2.24, 2.45) is 5.84 Å². The summed E-state index contributed by atoms with van der Waals surface area (Å²) in [5.41, 5.74) is 2.63. The molecule has 2 rings (SSSR count). The molecular weight excluding hydrogens is 289 g/mol. The Morgan fingerprint density at radius 1 is 1.29 bits per heavy atom. The van der Waals surface area contributed by atoms with Crippen LogP contribution in [0.5, 0.6) is 0 Å². The lowest BCUT2D eigenvalue weighted by molar-refractivity contribution is 0.631. The van der Waals surface area contributed by atoms with E-state index in [9.17, 15) is 4.39 Å². The van der Waals surface area contributed by atoms with Gasteiger partial charge in [-0.1, -0.05) is 6.07 Å². The largest absolute Gasteiger partial charge is 0.337 e. The molecule has 0 aliphatic heterocycles. The lowest BCUT2D eigenvalue weighted by Crippen LogP contribution is -2.11. The highest BCUT2D eigenvalue weighted by Crippen LogP contribution is 2.27. The number of hydrazine groups is 1. The highest BCUT2D eigenvalue weighted by Gasteiger charge is 2.07. The van der Waals surface area contributed by atoms with Gasteiger partial charge in [0.1, 0.15) is 11.6 Å². The van der Waals surface area contributed by atoms with Crippen molar-refractivity contribution in [3.05, 3.63) is 40.8 Å². The molecule has 0 radical (unpaired) electrons. The van der Waals surface area contributed by atoms with Crippen molar-refractivity contribution in [2.75, 3.05) is 10.7 Å². The number of nitrogens with zero attached hydrogens (tertiary/aromatic N) is 2. The zero-order valence-electron chi connectivity index (χ0n) is 8.61. The van der Waals surface area contributed by atoms with Gasteiger partial charge in [-0.2, -0.15) is 4.98 Å². The quantitative estimate of drug-likeness (QED) is 0.599. The Morgan fingerprint density at radius 3 is 2.82 bits per heavy atom. The molecule has 0 fully saturated rings. The molecule has 0 aliphatic rings. The maximum Gasteiger partial charge on any atom is 0.239 e. The topological polar surface area (TPSA) is 75.9 Å². The third kappa shape index (κ3) is 2.69. The van der Waals surface area contributed by atoms with Gasteiger partial charge < -0.3 is 5.32 Å². The minimum Gasteiger partial charge on any atom is -0.337 e. The van der Waals surface area contributed by atoms with Crippen molar-refractivity contribution in [1.29, 1.82) is 0 Å². The maximum absolute atomic E-state index is 13.5. The van der Waals surface area contributed by atoms with Gasteiger partial charge in [0.2, 0.25) is 5.95 Å². The SMILES string of the molecule is NNc1nccc(Nc2c(F)cccc2Br)n1. The van der Waals surface area contributed by atoms with E-state index in [0.29, 0.717) is 16.0 Å². The molecule has 0 bridgehead atoms.